The first-order valence-corrected chi connectivity index (χ1v) is 7.51. The lowest BCUT2D eigenvalue weighted by molar-refractivity contribution is -0.121. The molecule has 0 aliphatic carbocycles. The molecule has 4 nitrogen and oxygen atoms in total. The van der Waals surface area contributed by atoms with Crippen molar-refractivity contribution in [1.82, 2.24) is 5.32 Å². The molecular weight excluding hydrogens is 288 g/mol. The second-order valence-electron chi connectivity index (χ2n) is 5.39. The third kappa shape index (κ3) is 4.86. The van der Waals surface area contributed by atoms with Gasteiger partial charge in [0.05, 0.1) is 13.2 Å². The number of aryl methyl sites for hydroxylation is 2. The van der Waals surface area contributed by atoms with E-state index in [2.05, 4.69) is 11.4 Å². The van der Waals surface area contributed by atoms with Crippen molar-refractivity contribution in [3.8, 4) is 11.8 Å². The van der Waals surface area contributed by atoms with Crippen molar-refractivity contribution in [2.45, 2.75) is 25.8 Å². The maximum absolute atomic E-state index is 12.1. The number of nitrogens with one attached hydrogen (secondary N) is 1. The molecule has 1 atom stereocenters. The van der Waals surface area contributed by atoms with Gasteiger partial charge >= 0.3 is 0 Å². The Morgan fingerprint density at radius 1 is 1.17 bits per heavy atom. The van der Waals surface area contributed by atoms with E-state index < -0.39 is 6.04 Å². The number of carbonyl (C=O) groups is 1. The van der Waals surface area contributed by atoms with Gasteiger partial charge in [0.1, 0.15) is 11.8 Å². The minimum atomic E-state index is -0.612. The Hall–Kier alpha value is -2.80. The first-order valence-electron chi connectivity index (χ1n) is 7.51. The van der Waals surface area contributed by atoms with Crippen LogP contribution in [0.15, 0.2) is 48.5 Å². The van der Waals surface area contributed by atoms with Gasteiger partial charge in [-0.2, -0.15) is 5.26 Å². The van der Waals surface area contributed by atoms with Crippen molar-refractivity contribution in [3.63, 3.8) is 0 Å². The predicted octanol–water partition coefficient (Wildman–Crippen LogP) is 3.32. The summed E-state index contributed by atoms with van der Waals surface area (Å²) >= 11 is 0. The molecule has 0 aliphatic heterocycles. The quantitative estimate of drug-likeness (QED) is 0.890. The zero-order valence-electron chi connectivity index (χ0n) is 13.4. The van der Waals surface area contributed by atoms with Gasteiger partial charge in [0.15, 0.2) is 0 Å². The fourth-order valence-corrected chi connectivity index (χ4v) is 2.23. The molecule has 2 aromatic rings. The fraction of sp³-hybridized carbons (Fsp3) is 0.263. The number of benzene rings is 2. The van der Waals surface area contributed by atoms with Gasteiger partial charge < -0.3 is 10.1 Å². The molecule has 1 unspecified atom stereocenters. The van der Waals surface area contributed by atoms with Gasteiger partial charge in [0.25, 0.3) is 0 Å². The maximum atomic E-state index is 12.1. The molecule has 23 heavy (non-hydrogen) atoms. The largest absolute Gasteiger partial charge is 0.497 e. The molecule has 0 fully saturated rings. The number of rotatable bonds is 6. The molecule has 0 radical (unpaired) electrons. The predicted molar refractivity (Wildman–Crippen MR) is 89.0 cm³/mol. The third-order valence-corrected chi connectivity index (χ3v) is 3.64. The number of hydrogen-bond donors (Lipinski definition) is 1. The van der Waals surface area contributed by atoms with Crippen LogP contribution in [0.3, 0.4) is 0 Å². The summed E-state index contributed by atoms with van der Waals surface area (Å²) in [7, 11) is 1.62. The normalized spacial score (nSPS) is 11.3. The van der Waals surface area contributed by atoms with Gasteiger partial charge in [0, 0.05) is 6.42 Å². The van der Waals surface area contributed by atoms with Gasteiger partial charge in [0.2, 0.25) is 5.91 Å². The zero-order chi connectivity index (χ0) is 16.7. The number of ether oxygens (including phenoxy) is 1. The highest BCUT2D eigenvalue weighted by Gasteiger charge is 2.13. The van der Waals surface area contributed by atoms with Gasteiger partial charge in [-0.3, -0.25) is 4.79 Å². The van der Waals surface area contributed by atoms with Gasteiger partial charge in [-0.1, -0.05) is 42.0 Å². The Bertz CT molecular complexity index is 685. The second-order valence-corrected chi connectivity index (χ2v) is 5.39. The molecule has 1 N–H and O–H groups in total. The summed E-state index contributed by atoms with van der Waals surface area (Å²) in [5, 5.41) is 12.0. The highest BCUT2D eigenvalue weighted by Crippen LogP contribution is 2.15. The summed E-state index contributed by atoms with van der Waals surface area (Å²) in [5.41, 5.74) is 2.98. The summed E-state index contributed by atoms with van der Waals surface area (Å²) in [4.78, 5) is 12.1. The average Bonchev–Trinajstić information content (AvgIpc) is 2.59. The van der Waals surface area contributed by atoms with Crippen LogP contribution in [-0.4, -0.2) is 13.0 Å². The second kappa shape index (κ2) is 8.00. The molecule has 1 amide bonds. The van der Waals surface area contributed by atoms with E-state index in [1.165, 1.54) is 0 Å². The van der Waals surface area contributed by atoms with Crippen LogP contribution in [0.4, 0.5) is 0 Å². The number of amides is 1. The van der Waals surface area contributed by atoms with E-state index in [4.69, 9.17) is 4.74 Å². The van der Waals surface area contributed by atoms with E-state index in [1.54, 1.807) is 7.11 Å². The van der Waals surface area contributed by atoms with E-state index in [0.29, 0.717) is 12.8 Å². The molecule has 4 heteroatoms. The van der Waals surface area contributed by atoms with Crippen LogP contribution in [0.5, 0.6) is 5.75 Å². The van der Waals surface area contributed by atoms with Crippen LogP contribution >= 0.6 is 0 Å². The Kier molecular flexibility index (Phi) is 5.76. The molecule has 0 spiro atoms. The van der Waals surface area contributed by atoms with Crippen molar-refractivity contribution in [1.29, 1.82) is 5.26 Å². The minimum absolute atomic E-state index is 0.132. The fourth-order valence-electron chi connectivity index (χ4n) is 2.23. The minimum Gasteiger partial charge on any atom is -0.497 e. The molecule has 2 rings (SSSR count). The summed E-state index contributed by atoms with van der Waals surface area (Å²) in [6.45, 7) is 1.98. The first kappa shape index (κ1) is 16.6. The number of carbonyl (C=O) groups excluding carboxylic acids is 1. The van der Waals surface area contributed by atoms with E-state index in [-0.39, 0.29) is 5.91 Å². The SMILES string of the molecule is COc1ccc(CCC(=O)NC(C#N)c2ccc(C)cc2)cc1. The Morgan fingerprint density at radius 3 is 2.39 bits per heavy atom. The van der Waals surface area contributed by atoms with Crippen molar-refractivity contribution < 1.29 is 9.53 Å². The average molecular weight is 308 g/mol. The number of hydrogen-bond acceptors (Lipinski definition) is 3. The Balaban J connectivity index is 1.89. The Labute approximate surface area is 136 Å². The van der Waals surface area contributed by atoms with E-state index >= 15 is 0 Å². The van der Waals surface area contributed by atoms with Crippen molar-refractivity contribution >= 4 is 5.91 Å². The zero-order valence-corrected chi connectivity index (χ0v) is 13.4. The first-order chi connectivity index (χ1) is 11.1. The highest BCUT2D eigenvalue weighted by molar-refractivity contribution is 5.77. The topological polar surface area (TPSA) is 62.1 Å². The molecule has 0 saturated heterocycles. The molecule has 118 valence electrons. The summed E-state index contributed by atoms with van der Waals surface area (Å²) in [6, 6.07) is 16.7. The number of nitrogens with zero attached hydrogens (tertiary/aromatic N) is 1. The lowest BCUT2D eigenvalue weighted by Gasteiger charge is -2.12. The summed E-state index contributed by atoms with van der Waals surface area (Å²) < 4.78 is 5.10. The number of methoxy groups -OCH3 is 1. The van der Waals surface area contributed by atoms with Crippen LogP contribution in [0.25, 0.3) is 0 Å². The highest BCUT2D eigenvalue weighted by atomic mass is 16.5. The van der Waals surface area contributed by atoms with Gasteiger partial charge in [-0.05, 0) is 36.6 Å². The van der Waals surface area contributed by atoms with E-state index in [1.807, 2.05) is 55.5 Å². The molecule has 0 aromatic heterocycles. The smallest absolute Gasteiger partial charge is 0.221 e. The van der Waals surface area contributed by atoms with Crippen molar-refractivity contribution in [2.75, 3.05) is 7.11 Å². The van der Waals surface area contributed by atoms with Crippen LogP contribution in [0, 0.1) is 18.3 Å². The van der Waals surface area contributed by atoms with Crippen LogP contribution in [0.1, 0.15) is 29.2 Å². The standard InChI is InChI=1S/C19H20N2O2/c1-14-3-8-16(9-4-14)18(13-20)21-19(22)12-7-15-5-10-17(23-2)11-6-15/h3-6,8-11,18H,7,12H2,1-2H3,(H,21,22). The third-order valence-electron chi connectivity index (χ3n) is 3.64. The molecule has 0 aliphatic rings. The van der Waals surface area contributed by atoms with Gasteiger partial charge in [-0.15, -0.1) is 0 Å². The van der Waals surface area contributed by atoms with Crippen LogP contribution in [0.2, 0.25) is 0 Å². The number of nitriles is 1. The van der Waals surface area contributed by atoms with Crippen LogP contribution < -0.4 is 10.1 Å². The summed E-state index contributed by atoms with van der Waals surface area (Å²) in [5.74, 6) is 0.662. The van der Waals surface area contributed by atoms with Crippen molar-refractivity contribution in [2.24, 2.45) is 0 Å². The van der Waals surface area contributed by atoms with E-state index in [9.17, 15) is 10.1 Å². The van der Waals surface area contributed by atoms with E-state index in [0.717, 1.165) is 22.4 Å². The summed E-state index contributed by atoms with van der Waals surface area (Å²) in [6.07, 6.45) is 0.970. The molecule has 0 saturated carbocycles. The lowest BCUT2D eigenvalue weighted by Crippen LogP contribution is -2.27. The lowest BCUT2D eigenvalue weighted by atomic mass is 10.1. The molecule has 0 bridgehead atoms. The molecular formula is C19H20N2O2. The monoisotopic (exact) mass is 308 g/mol. The van der Waals surface area contributed by atoms with Crippen molar-refractivity contribution in [3.05, 3.63) is 65.2 Å². The Morgan fingerprint density at radius 2 is 1.83 bits per heavy atom. The maximum Gasteiger partial charge on any atom is 0.221 e. The van der Waals surface area contributed by atoms with Gasteiger partial charge in [-0.25, -0.2) is 0 Å². The van der Waals surface area contributed by atoms with Crippen LogP contribution in [-0.2, 0) is 11.2 Å². The molecule has 0 heterocycles. The molecule has 2 aromatic carbocycles.